The van der Waals surface area contributed by atoms with Crippen LogP contribution in [0.25, 0.3) is 0 Å². The first-order valence-corrected chi connectivity index (χ1v) is 10.3. The van der Waals surface area contributed by atoms with Crippen molar-refractivity contribution in [2.24, 2.45) is 0 Å². The van der Waals surface area contributed by atoms with E-state index in [1.165, 1.54) is 28.2 Å². The van der Waals surface area contributed by atoms with Crippen molar-refractivity contribution in [2.45, 2.75) is 50.1 Å². The number of benzene rings is 2. The van der Waals surface area contributed by atoms with E-state index >= 15 is 0 Å². The molecular formula is C20H25NSe. The predicted octanol–water partition coefficient (Wildman–Crippen LogP) is 3.88. The summed E-state index contributed by atoms with van der Waals surface area (Å²) in [7, 11) is 0. The SMILES string of the molecule is CC[C@@]1(C)C[C@@H](C[Se]c2ccccc2)N1Cc1ccccc1. The standard InChI is InChI=1S/C20H25NSe/c1-3-20(2)14-18(16-22-19-12-8-5-9-13-19)21(20)15-17-10-6-4-7-11-17/h4-13,18H,3,14-16H2,1-2H3/t18-,20-/m0/s1. The van der Waals surface area contributed by atoms with E-state index in [1.54, 1.807) is 0 Å². The van der Waals surface area contributed by atoms with Gasteiger partial charge in [0, 0.05) is 0 Å². The van der Waals surface area contributed by atoms with Gasteiger partial charge in [0.05, 0.1) is 0 Å². The van der Waals surface area contributed by atoms with E-state index in [0.717, 1.165) is 12.6 Å². The van der Waals surface area contributed by atoms with Gasteiger partial charge in [-0.3, -0.25) is 0 Å². The van der Waals surface area contributed by atoms with Gasteiger partial charge in [-0.2, -0.15) is 0 Å². The zero-order valence-corrected chi connectivity index (χ0v) is 15.2. The third-order valence-corrected chi connectivity index (χ3v) is 7.38. The third kappa shape index (κ3) is 3.46. The van der Waals surface area contributed by atoms with Crippen LogP contribution >= 0.6 is 0 Å². The summed E-state index contributed by atoms with van der Waals surface area (Å²) in [5.41, 5.74) is 1.84. The molecule has 0 saturated carbocycles. The fraction of sp³-hybridized carbons (Fsp3) is 0.400. The van der Waals surface area contributed by atoms with E-state index in [-0.39, 0.29) is 0 Å². The number of nitrogens with zero attached hydrogens (tertiary/aromatic N) is 1. The van der Waals surface area contributed by atoms with Gasteiger partial charge in [0.15, 0.2) is 0 Å². The van der Waals surface area contributed by atoms with Gasteiger partial charge in [0.1, 0.15) is 0 Å². The molecule has 0 amide bonds. The fourth-order valence-electron chi connectivity index (χ4n) is 3.37. The summed E-state index contributed by atoms with van der Waals surface area (Å²) in [5, 5.41) is 1.33. The fourth-order valence-corrected chi connectivity index (χ4v) is 5.53. The molecule has 116 valence electrons. The van der Waals surface area contributed by atoms with Crippen molar-refractivity contribution in [1.29, 1.82) is 0 Å². The first-order valence-electron chi connectivity index (χ1n) is 8.20. The van der Waals surface area contributed by atoms with Crippen LogP contribution in [0, 0.1) is 0 Å². The van der Waals surface area contributed by atoms with E-state index in [1.807, 2.05) is 0 Å². The molecule has 0 spiro atoms. The van der Waals surface area contributed by atoms with E-state index in [4.69, 9.17) is 0 Å². The van der Waals surface area contributed by atoms with Crippen molar-refractivity contribution in [2.75, 3.05) is 0 Å². The number of hydrogen-bond donors (Lipinski definition) is 0. The van der Waals surface area contributed by atoms with Crippen LogP contribution in [0.1, 0.15) is 32.3 Å². The minimum atomic E-state index is 0.396. The molecule has 0 N–H and O–H groups in total. The summed E-state index contributed by atoms with van der Waals surface area (Å²) < 4.78 is 1.53. The van der Waals surface area contributed by atoms with Crippen molar-refractivity contribution >= 4 is 19.4 Å². The average Bonchev–Trinajstić information content (AvgIpc) is 2.58. The van der Waals surface area contributed by atoms with Crippen molar-refractivity contribution in [3.63, 3.8) is 0 Å². The maximum atomic E-state index is 2.74. The molecule has 22 heavy (non-hydrogen) atoms. The van der Waals surface area contributed by atoms with Crippen LogP contribution in [-0.4, -0.2) is 31.4 Å². The van der Waals surface area contributed by atoms with Gasteiger partial charge in [0.25, 0.3) is 0 Å². The first-order chi connectivity index (χ1) is 10.7. The molecule has 0 aliphatic carbocycles. The summed E-state index contributed by atoms with van der Waals surface area (Å²) in [6.07, 6.45) is 2.60. The number of likely N-dealkylation sites (tertiary alicyclic amines) is 1. The summed E-state index contributed by atoms with van der Waals surface area (Å²) in [6, 6.07) is 22.7. The summed E-state index contributed by atoms with van der Waals surface area (Å²) in [6.45, 7) is 5.86. The molecule has 0 aromatic heterocycles. The molecular weight excluding hydrogens is 333 g/mol. The molecule has 2 heteroatoms. The second-order valence-corrected chi connectivity index (χ2v) is 8.74. The molecule has 0 radical (unpaired) electrons. The number of hydrogen-bond acceptors (Lipinski definition) is 1. The maximum absolute atomic E-state index is 2.74. The van der Waals surface area contributed by atoms with Gasteiger partial charge in [-0.15, -0.1) is 0 Å². The molecule has 2 aromatic carbocycles. The molecule has 1 aliphatic rings. The zero-order chi connectivity index (χ0) is 15.4. The van der Waals surface area contributed by atoms with Gasteiger partial charge < -0.3 is 0 Å². The Balaban J connectivity index is 1.64. The summed E-state index contributed by atoms with van der Waals surface area (Å²) in [4.78, 5) is 2.74. The average molecular weight is 358 g/mol. The molecule has 1 aliphatic heterocycles. The second-order valence-electron chi connectivity index (χ2n) is 6.45. The predicted molar refractivity (Wildman–Crippen MR) is 95.7 cm³/mol. The zero-order valence-electron chi connectivity index (χ0n) is 13.5. The van der Waals surface area contributed by atoms with Gasteiger partial charge >= 0.3 is 141 Å². The Morgan fingerprint density at radius 3 is 2.32 bits per heavy atom. The van der Waals surface area contributed by atoms with Gasteiger partial charge in [-0.25, -0.2) is 0 Å². The van der Waals surface area contributed by atoms with Crippen molar-refractivity contribution in [3.8, 4) is 0 Å². The Bertz CT molecular complexity index is 583. The molecule has 0 bridgehead atoms. The molecule has 2 atom stereocenters. The van der Waals surface area contributed by atoms with Crippen molar-refractivity contribution < 1.29 is 0 Å². The molecule has 1 nitrogen and oxygen atoms in total. The van der Waals surface area contributed by atoms with Crippen LogP contribution < -0.4 is 4.46 Å². The van der Waals surface area contributed by atoms with Crippen LogP contribution in [0.5, 0.6) is 0 Å². The molecule has 3 rings (SSSR count). The van der Waals surface area contributed by atoms with E-state index in [2.05, 4.69) is 79.4 Å². The van der Waals surface area contributed by atoms with Crippen LogP contribution in [0.15, 0.2) is 60.7 Å². The quantitative estimate of drug-likeness (QED) is 0.709. The Labute approximate surface area is 140 Å². The van der Waals surface area contributed by atoms with Gasteiger partial charge in [0.2, 0.25) is 0 Å². The normalized spacial score (nSPS) is 24.9. The Hall–Kier alpha value is -1.08. The molecule has 2 aromatic rings. The van der Waals surface area contributed by atoms with E-state index in [9.17, 15) is 0 Å². The Kier molecular flexibility index (Phi) is 5.03. The first kappa shape index (κ1) is 15.8. The minimum absolute atomic E-state index is 0.396. The van der Waals surface area contributed by atoms with Crippen LogP contribution in [0.4, 0.5) is 0 Å². The summed E-state index contributed by atoms with van der Waals surface area (Å²) in [5.74, 6) is 0. The van der Waals surface area contributed by atoms with Crippen LogP contribution in [0.3, 0.4) is 0 Å². The van der Waals surface area contributed by atoms with Crippen molar-refractivity contribution in [1.82, 2.24) is 4.90 Å². The topological polar surface area (TPSA) is 3.24 Å². The Morgan fingerprint density at radius 2 is 1.68 bits per heavy atom. The van der Waals surface area contributed by atoms with E-state index < -0.39 is 0 Å². The Morgan fingerprint density at radius 1 is 1.05 bits per heavy atom. The number of rotatable bonds is 6. The molecule has 1 saturated heterocycles. The summed E-state index contributed by atoms with van der Waals surface area (Å²) >= 11 is 0.593. The van der Waals surface area contributed by atoms with E-state index in [0.29, 0.717) is 20.5 Å². The van der Waals surface area contributed by atoms with Crippen molar-refractivity contribution in [3.05, 3.63) is 66.2 Å². The molecule has 0 unspecified atom stereocenters. The van der Waals surface area contributed by atoms with Crippen LogP contribution in [-0.2, 0) is 6.54 Å². The van der Waals surface area contributed by atoms with Gasteiger partial charge in [-0.1, -0.05) is 0 Å². The molecule has 1 heterocycles. The van der Waals surface area contributed by atoms with Gasteiger partial charge in [-0.05, 0) is 0 Å². The third-order valence-electron chi connectivity index (χ3n) is 4.95. The second kappa shape index (κ2) is 7.00. The monoisotopic (exact) mass is 359 g/mol. The molecule has 1 fully saturated rings. The van der Waals surface area contributed by atoms with Crippen LogP contribution in [0.2, 0.25) is 5.32 Å².